The molecule has 2 N–H and O–H groups in total. The first-order valence-electron chi connectivity index (χ1n) is 8.62. The second-order valence-electron chi connectivity index (χ2n) is 7.07. The van der Waals surface area contributed by atoms with Crippen LogP contribution >= 0.6 is 0 Å². The number of aliphatic hydroxyl groups excluding tert-OH is 2. The molecule has 4 aromatic carbocycles. The van der Waals surface area contributed by atoms with Crippen LogP contribution in [0, 0.1) is 0 Å². The largest absolute Gasteiger partial charge is 0.387 e. The molecule has 0 unspecified atom stereocenters. The fraction of sp³-hybridized carbons (Fsp3) is 0.182. The topological polar surface area (TPSA) is 53.0 Å². The molecule has 25 heavy (non-hydrogen) atoms. The lowest BCUT2D eigenvalue weighted by Crippen LogP contribution is -2.29. The van der Waals surface area contributed by atoms with Gasteiger partial charge in [-0.15, -0.1) is 0 Å². The fourth-order valence-corrected chi connectivity index (χ4v) is 4.50. The Labute approximate surface area is 144 Å². The Balaban J connectivity index is 1.73. The van der Waals surface area contributed by atoms with Gasteiger partial charge in [0, 0.05) is 0 Å². The van der Waals surface area contributed by atoms with Gasteiger partial charge in [-0.2, -0.15) is 0 Å². The highest BCUT2D eigenvalue weighted by molar-refractivity contribution is 6.17. The maximum atomic E-state index is 10.4. The molecule has 4 atom stereocenters. The Morgan fingerprint density at radius 1 is 0.680 bits per heavy atom. The minimum Gasteiger partial charge on any atom is -0.387 e. The predicted molar refractivity (Wildman–Crippen MR) is 97.5 cm³/mol. The molecule has 0 spiro atoms. The molecule has 3 nitrogen and oxygen atoms in total. The van der Waals surface area contributed by atoms with Crippen LogP contribution in [-0.4, -0.2) is 22.4 Å². The van der Waals surface area contributed by atoms with Crippen LogP contribution < -0.4 is 0 Å². The Hall–Kier alpha value is -2.46. The maximum absolute atomic E-state index is 10.4. The van der Waals surface area contributed by atoms with Crippen molar-refractivity contribution in [1.82, 2.24) is 0 Å². The van der Waals surface area contributed by atoms with Crippen LogP contribution in [0.1, 0.15) is 23.3 Å². The molecule has 0 radical (unpaired) electrons. The number of aliphatic hydroxyl groups is 2. The molecule has 0 amide bonds. The SMILES string of the molecule is O[C@H]1[C@H]2O[C@H]2c2c(ccc3c2ccc2c4ccccc4ccc32)[C@@H]1O. The lowest BCUT2D eigenvalue weighted by molar-refractivity contribution is 0.000106. The molecule has 1 heterocycles. The minimum absolute atomic E-state index is 0.102. The van der Waals surface area contributed by atoms with E-state index in [4.69, 9.17) is 4.74 Å². The van der Waals surface area contributed by atoms with Crippen LogP contribution in [0.4, 0.5) is 0 Å². The third-order valence-electron chi connectivity index (χ3n) is 5.79. The van der Waals surface area contributed by atoms with Gasteiger partial charge in [-0.05, 0) is 43.4 Å². The highest BCUT2D eigenvalue weighted by atomic mass is 16.6. The summed E-state index contributed by atoms with van der Waals surface area (Å²) in [6.45, 7) is 0. The van der Waals surface area contributed by atoms with Gasteiger partial charge in [0.15, 0.2) is 0 Å². The molecule has 0 saturated carbocycles. The van der Waals surface area contributed by atoms with Gasteiger partial charge < -0.3 is 14.9 Å². The van der Waals surface area contributed by atoms with E-state index in [1.54, 1.807) is 0 Å². The smallest absolute Gasteiger partial charge is 0.118 e. The quantitative estimate of drug-likeness (QED) is 0.379. The third-order valence-corrected chi connectivity index (χ3v) is 5.79. The molecule has 122 valence electrons. The molecule has 4 aromatic rings. The summed E-state index contributed by atoms with van der Waals surface area (Å²) in [5, 5.41) is 27.7. The van der Waals surface area contributed by atoms with Gasteiger partial charge in [-0.25, -0.2) is 0 Å². The number of fused-ring (bicyclic) bond motifs is 9. The second-order valence-corrected chi connectivity index (χ2v) is 7.07. The number of rotatable bonds is 0. The molecule has 3 heteroatoms. The number of hydrogen-bond donors (Lipinski definition) is 2. The summed E-state index contributed by atoms with van der Waals surface area (Å²) in [4.78, 5) is 0. The van der Waals surface area contributed by atoms with Gasteiger partial charge in [0.1, 0.15) is 24.4 Å². The van der Waals surface area contributed by atoms with E-state index in [0.29, 0.717) is 0 Å². The van der Waals surface area contributed by atoms with Gasteiger partial charge in [0.25, 0.3) is 0 Å². The zero-order chi connectivity index (χ0) is 16.7. The summed E-state index contributed by atoms with van der Waals surface area (Å²) < 4.78 is 5.67. The number of epoxide rings is 1. The number of hydrogen-bond acceptors (Lipinski definition) is 3. The van der Waals surface area contributed by atoms with Gasteiger partial charge >= 0.3 is 0 Å². The Morgan fingerprint density at radius 3 is 2.28 bits per heavy atom. The van der Waals surface area contributed by atoms with E-state index in [1.165, 1.54) is 26.9 Å². The van der Waals surface area contributed by atoms with Crippen LogP contribution in [0.15, 0.2) is 60.7 Å². The zero-order valence-corrected chi connectivity index (χ0v) is 13.4. The van der Waals surface area contributed by atoms with E-state index < -0.39 is 12.2 Å². The summed E-state index contributed by atoms with van der Waals surface area (Å²) in [6.07, 6.45) is -2.09. The molecular formula is C22H16O3. The fourth-order valence-electron chi connectivity index (χ4n) is 4.50. The molecule has 0 aromatic heterocycles. The molecule has 2 aliphatic rings. The zero-order valence-electron chi connectivity index (χ0n) is 13.4. The summed E-state index contributed by atoms with van der Waals surface area (Å²) in [6, 6.07) is 21.0. The molecular weight excluding hydrogens is 312 g/mol. The Morgan fingerprint density at radius 2 is 1.36 bits per heavy atom. The average Bonchev–Trinajstić information content (AvgIpc) is 3.45. The van der Waals surface area contributed by atoms with E-state index >= 15 is 0 Å². The van der Waals surface area contributed by atoms with Crippen LogP contribution in [0.2, 0.25) is 0 Å². The van der Waals surface area contributed by atoms with Crippen molar-refractivity contribution in [3.63, 3.8) is 0 Å². The lowest BCUT2D eigenvalue weighted by atomic mass is 9.83. The summed E-state index contributed by atoms with van der Waals surface area (Å²) in [7, 11) is 0. The number of benzene rings is 4. The normalized spacial score (nSPS) is 27.4. The van der Waals surface area contributed by atoms with Crippen LogP contribution in [0.3, 0.4) is 0 Å². The molecule has 1 fully saturated rings. The van der Waals surface area contributed by atoms with Crippen molar-refractivity contribution in [3.05, 3.63) is 71.8 Å². The lowest BCUT2D eigenvalue weighted by Gasteiger charge is -2.24. The van der Waals surface area contributed by atoms with E-state index in [9.17, 15) is 10.2 Å². The maximum Gasteiger partial charge on any atom is 0.118 e. The first kappa shape index (κ1) is 13.8. The van der Waals surface area contributed by atoms with Gasteiger partial charge in [0.05, 0.1) is 0 Å². The van der Waals surface area contributed by atoms with Crippen LogP contribution in [-0.2, 0) is 4.74 Å². The summed E-state index contributed by atoms with van der Waals surface area (Å²) in [5.74, 6) is 0. The monoisotopic (exact) mass is 328 g/mol. The summed E-state index contributed by atoms with van der Waals surface area (Å²) >= 11 is 0. The molecule has 0 bridgehead atoms. The molecule has 6 rings (SSSR count). The second kappa shape index (κ2) is 4.58. The summed E-state index contributed by atoms with van der Waals surface area (Å²) in [5.41, 5.74) is 1.83. The van der Waals surface area contributed by atoms with E-state index in [2.05, 4.69) is 54.6 Å². The van der Waals surface area contributed by atoms with Crippen molar-refractivity contribution >= 4 is 32.3 Å². The van der Waals surface area contributed by atoms with Crippen molar-refractivity contribution in [1.29, 1.82) is 0 Å². The average molecular weight is 328 g/mol. The Kier molecular flexibility index (Phi) is 2.53. The highest BCUT2D eigenvalue weighted by Crippen LogP contribution is 2.53. The highest BCUT2D eigenvalue weighted by Gasteiger charge is 2.54. The van der Waals surface area contributed by atoms with E-state index in [0.717, 1.165) is 16.5 Å². The standard InChI is InChI=1S/C22H16O3/c23-19-17-10-8-15-14-6-5-11-3-1-2-4-12(11)13(14)7-9-16(15)18(17)21-22(25-21)20(19)24/h1-10,19-24H/t19-,20+,21-,22+/m0/s1. The molecule has 1 aliphatic heterocycles. The van der Waals surface area contributed by atoms with Gasteiger partial charge in [0.2, 0.25) is 0 Å². The van der Waals surface area contributed by atoms with Crippen LogP contribution in [0.5, 0.6) is 0 Å². The van der Waals surface area contributed by atoms with Gasteiger partial charge in [-0.3, -0.25) is 0 Å². The van der Waals surface area contributed by atoms with Crippen molar-refractivity contribution < 1.29 is 14.9 Å². The molecule has 1 aliphatic carbocycles. The van der Waals surface area contributed by atoms with Crippen molar-refractivity contribution in [2.45, 2.75) is 24.4 Å². The number of ether oxygens (including phenoxy) is 1. The van der Waals surface area contributed by atoms with Crippen molar-refractivity contribution in [3.8, 4) is 0 Å². The van der Waals surface area contributed by atoms with Crippen LogP contribution in [0.25, 0.3) is 32.3 Å². The predicted octanol–water partition coefficient (Wildman–Crippen LogP) is 3.99. The first-order chi connectivity index (χ1) is 12.2. The Bertz CT molecular complexity index is 1180. The molecule has 1 saturated heterocycles. The minimum atomic E-state index is -0.879. The van der Waals surface area contributed by atoms with E-state index in [-0.39, 0.29) is 12.2 Å². The van der Waals surface area contributed by atoms with E-state index in [1.807, 2.05) is 6.07 Å². The van der Waals surface area contributed by atoms with Crippen molar-refractivity contribution in [2.24, 2.45) is 0 Å². The third kappa shape index (κ3) is 1.70. The van der Waals surface area contributed by atoms with Gasteiger partial charge in [-0.1, -0.05) is 60.7 Å². The van der Waals surface area contributed by atoms with Crippen molar-refractivity contribution in [2.75, 3.05) is 0 Å². The first-order valence-corrected chi connectivity index (χ1v) is 8.62.